The van der Waals surface area contributed by atoms with Crippen molar-refractivity contribution in [2.24, 2.45) is 5.41 Å². The van der Waals surface area contributed by atoms with E-state index in [0.29, 0.717) is 11.5 Å². The van der Waals surface area contributed by atoms with E-state index in [-0.39, 0.29) is 0 Å². The van der Waals surface area contributed by atoms with Crippen molar-refractivity contribution in [1.29, 1.82) is 0 Å². The highest BCUT2D eigenvalue weighted by molar-refractivity contribution is 5.65. The lowest BCUT2D eigenvalue weighted by atomic mass is 9.85. The van der Waals surface area contributed by atoms with Gasteiger partial charge in [-0.2, -0.15) is 0 Å². The van der Waals surface area contributed by atoms with Gasteiger partial charge in [0.05, 0.1) is 5.69 Å². The molecule has 0 spiro atoms. The van der Waals surface area contributed by atoms with E-state index in [1.165, 1.54) is 32.1 Å². The molecule has 0 bridgehead atoms. The number of nitrogens with zero attached hydrogens (tertiary/aromatic N) is 2. The molecule has 2 rings (SSSR count). The van der Waals surface area contributed by atoms with E-state index >= 15 is 0 Å². The van der Waals surface area contributed by atoms with Gasteiger partial charge in [-0.05, 0) is 43.2 Å². The van der Waals surface area contributed by atoms with E-state index in [2.05, 4.69) is 35.1 Å². The van der Waals surface area contributed by atoms with Crippen LogP contribution in [0.15, 0.2) is 18.3 Å². The number of rotatable bonds is 3. The van der Waals surface area contributed by atoms with Crippen LogP contribution in [-0.2, 0) is 0 Å². The van der Waals surface area contributed by atoms with Crippen molar-refractivity contribution in [2.45, 2.75) is 52.0 Å². The van der Waals surface area contributed by atoms with Gasteiger partial charge >= 0.3 is 0 Å². The Morgan fingerprint density at radius 1 is 1.26 bits per heavy atom. The molecule has 1 fully saturated rings. The Balaban J connectivity index is 2.05. The maximum atomic E-state index is 4.46. The fourth-order valence-corrected chi connectivity index (χ4v) is 2.89. The summed E-state index contributed by atoms with van der Waals surface area (Å²) < 4.78 is 0. The van der Waals surface area contributed by atoms with Gasteiger partial charge in [-0.15, -0.1) is 0 Å². The summed E-state index contributed by atoms with van der Waals surface area (Å²) in [5, 5.41) is 3.70. The van der Waals surface area contributed by atoms with E-state index < -0.39 is 0 Å². The minimum absolute atomic E-state index is 0.510. The van der Waals surface area contributed by atoms with Crippen LogP contribution in [0.25, 0.3) is 0 Å². The summed E-state index contributed by atoms with van der Waals surface area (Å²) in [5.41, 5.74) is 1.67. The first-order valence-electron chi connectivity index (χ1n) is 7.37. The molecular weight excluding hydrogens is 234 g/mol. The van der Waals surface area contributed by atoms with Gasteiger partial charge in [0.25, 0.3) is 0 Å². The number of hydrogen-bond donors (Lipinski definition) is 1. The largest absolute Gasteiger partial charge is 0.379 e. The summed E-state index contributed by atoms with van der Waals surface area (Å²) in [6, 6.07) is 4.73. The van der Waals surface area contributed by atoms with Crippen molar-refractivity contribution in [2.75, 3.05) is 24.3 Å². The molecule has 0 saturated heterocycles. The van der Waals surface area contributed by atoms with Crippen LogP contribution in [0.1, 0.15) is 46.0 Å². The number of hydrogen-bond acceptors (Lipinski definition) is 3. The standard InChI is InChI=1S/C16H27N3/c1-16(2)10-5-7-13(9-11-16)18-14-8-6-12-17-15(14)19(3)4/h6,8,12-13,18H,5,7,9-11H2,1-4H3. The summed E-state index contributed by atoms with van der Waals surface area (Å²) in [4.78, 5) is 6.53. The van der Waals surface area contributed by atoms with Gasteiger partial charge in [0.15, 0.2) is 5.82 Å². The molecule has 0 aromatic carbocycles. The van der Waals surface area contributed by atoms with Crippen LogP contribution in [-0.4, -0.2) is 25.1 Å². The first kappa shape index (κ1) is 14.2. The fourth-order valence-electron chi connectivity index (χ4n) is 2.89. The predicted molar refractivity (Wildman–Crippen MR) is 82.8 cm³/mol. The SMILES string of the molecule is CN(C)c1ncccc1NC1CCCC(C)(C)CC1. The molecular formula is C16H27N3. The van der Waals surface area contributed by atoms with Crippen LogP contribution in [0.2, 0.25) is 0 Å². The molecule has 1 aromatic heterocycles. The average Bonchev–Trinajstić information content (AvgIpc) is 2.51. The quantitative estimate of drug-likeness (QED) is 0.836. The van der Waals surface area contributed by atoms with E-state index in [1.54, 1.807) is 0 Å². The van der Waals surface area contributed by atoms with E-state index in [1.807, 2.05) is 26.4 Å². The van der Waals surface area contributed by atoms with Crippen LogP contribution in [0.3, 0.4) is 0 Å². The zero-order valence-corrected chi connectivity index (χ0v) is 12.7. The molecule has 19 heavy (non-hydrogen) atoms. The summed E-state index contributed by atoms with van der Waals surface area (Å²) in [5.74, 6) is 1.03. The van der Waals surface area contributed by atoms with Crippen LogP contribution in [0.5, 0.6) is 0 Å². The van der Waals surface area contributed by atoms with Gasteiger partial charge in [-0.1, -0.05) is 20.3 Å². The molecule has 3 nitrogen and oxygen atoms in total. The zero-order valence-electron chi connectivity index (χ0n) is 12.7. The maximum Gasteiger partial charge on any atom is 0.151 e. The van der Waals surface area contributed by atoms with Crippen molar-refractivity contribution in [1.82, 2.24) is 4.98 Å². The third-order valence-electron chi connectivity index (χ3n) is 4.15. The molecule has 3 heteroatoms. The number of nitrogens with one attached hydrogen (secondary N) is 1. The third kappa shape index (κ3) is 3.85. The Labute approximate surface area is 117 Å². The number of aromatic nitrogens is 1. The van der Waals surface area contributed by atoms with E-state index in [4.69, 9.17) is 0 Å². The first-order valence-corrected chi connectivity index (χ1v) is 7.37. The van der Waals surface area contributed by atoms with Gasteiger partial charge in [0.2, 0.25) is 0 Å². The van der Waals surface area contributed by atoms with E-state index in [9.17, 15) is 0 Å². The minimum atomic E-state index is 0.510. The van der Waals surface area contributed by atoms with Crippen LogP contribution >= 0.6 is 0 Å². The van der Waals surface area contributed by atoms with E-state index in [0.717, 1.165) is 11.5 Å². The molecule has 1 aliphatic carbocycles. The van der Waals surface area contributed by atoms with Crippen molar-refractivity contribution in [3.05, 3.63) is 18.3 Å². The molecule has 1 aromatic rings. The lowest BCUT2D eigenvalue weighted by Gasteiger charge is -2.24. The molecule has 1 saturated carbocycles. The van der Waals surface area contributed by atoms with Gasteiger partial charge in [0.1, 0.15) is 0 Å². The molecule has 0 aliphatic heterocycles. The molecule has 1 atom stereocenters. The lowest BCUT2D eigenvalue weighted by molar-refractivity contribution is 0.313. The minimum Gasteiger partial charge on any atom is -0.379 e. The Hall–Kier alpha value is -1.25. The summed E-state index contributed by atoms with van der Waals surface area (Å²) in [6.45, 7) is 4.79. The Morgan fingerprint density at radius 3 is 2.79 bits per heavy atom. The predicted octanol–water partition coefficient (Wildman–Crippen LogP) is 3.92. The molecule has 1 aliphatic rings. The highest BCUT2D eigenvalue weighted by Gasteiger charge is 2.24. The van der Waals surface area contributed by atoms with Gasteiger partial charge in [-0.3, -0.25) is 0 Å². The summed E-state index contributed by atoms with van der Waals surface area (Å²) >= 11 is 0. The smallest absolute Gasteiger partial charge is 0.151 e. The topological polar surface area (TPSA) is 28.2 Å². The van der Waals surface area contributed by atoms with Gasteiger partial charge in [0, 0.05) is 26.3 Å². The van der Waals surface area contributed by atoms with Crippen molar-refractivity contribution in [3.8, 4) is 0 Å². The number of pyridine rings is 1. The Bertz CT molecular complexity index is 412. The van der Waals surface area contributed by atoms with Crippen molar-refractivity contribution in [3.63, 3.8) is 0 Å². The van der Waals surface area contributed by atoms with Gasteiger partial charge < -0.3 is 10.2 Å². The molecule has 1 N–H and O–H groups in total. The van der Waals surface area contributed by atoms with Gasteiger partial charge in [-0.25, -0.2) is 4.98 Å². The fraction of sp³-hybridized carbons (Fsp3) is 0.688. The Morgan fingerprint density at radius 2 is 2.05 bits per heavy atom. The van der Waals surface area contributed by atoms with Crippen LogP contribution < -0.4 is 10.2 Å². The van der Waals surface area contributed by atoms with Crippen molar-refractivity contribution >= 4 is 11.5 Å². The third-order valence-corrected chi connectivity index (χ3v) is 4.15. The first-order chi connectivity index (χ1) is 8.98. The average molecular weight is 261 g/mol. The summed E-state index contributed by atoms with van der Waals surface area (Å²) in [6.07, 6.45) is 8.36. The maximum absolute atomic E-state index is 4.46. The monoisotopic (exact) mass is 261 g/mol. The second-order valence-corrected chi connectivity index (χ2v) is 6.71. The van der Waals surface area contributed by atoms with Crippen LogP contribution in [0, 0.1) is 5.41 Å². The molecule has 106 valence electrons. The normalized spacial score (nSPS) is 22.6. The summed E-state index contributed by atoms with van der Waals surface area (Å²) in [7, 11) is 4.09. The zero-order chi connectivity index (χ0) is 13.9. The number of anilines is 2. The second kappa shape index (κ2) is 5.81. The van der Waals surface area contributed by atoms with Crippen LogP contribution in [0.4, 0.5) is 11.5 Å². The second-order valence-electron chi connectivity index (χ2n) is 6.71. The Kier molecular flexibility index (Phi) is 4.33. The van der Waals surface area contributed by atoms with Crippen molar-refractivity contribution < 1.29 is 0 Å². The molecule has 1 unspecified atom stereocenters. The molecule has 0 amide bonds. The molecule has 1 heterocycles. The highest BCUT2D eigenvalue weighted by atomic mass is 15.2. The molecule has 0 radical (unpaired) electrons. The lowest BCUT2D eigenvalue weighted by Crippen LogP contribution is -2.22. The highest BCUT2D eigenvalue weighted by Crippen LogP contribution is 2.35.